The number of nitrogens with two attached hydrogens (primary N) is 1. The summed E-state index contributed by atoms with van der Waals surface area (Å²) >= 11 is 71.2. The predicted octanol–water partition coefficient (Wildman–Crippen LogP) is 24.1. The van der Waals surface area contributed by atoms with Crippen LogP contribution in [0.15, 0.2) is 137 Å². The molecule has 0 unspecified atom stereocenters. The second-order valence-electron chi connectivity index (χ2n) is 30.6. The van der Waals surface area contributed by atoms with Gasteiger partial charge in [-0.3, -0.25) is 0 Å². The molecule has 3 saturated heterocycles. The van der Waals surface area contributed by atoms with Gasteiger partial charge in [0.1, 0.15) is 41.6 Å². The third kappa shape index (κ3) is 25.6. The Labute approximate surface area is 743 Å². The molecule has 112 heavy (non-hydrogen) atoms. The zero-order valence-electron chi connectivity index (χ0n) is 64.3. The zero-order chi connectivity index (χ0) is 81.5. The molecule has 16 nitrogen and oxygen atoms in total. The molecule has 5 atom stereocenters. The van der Waals surface area contributed by atoms with Crippen molar-refractivity contribution in [3.63, 3.8) is 0 Å². The molecular weight excluding hydrogens is 1800 g/mol. The molecule has 33 heteroatoms. The molecule has 14 rings (SSSR count). The fourth-order valence-corrected chi connectivity index (χ4v) is 21.5. The van der Waals surface area contributed by atoms with E-state index in [1.54, 1.807) is 36.4 Å². The van der Waals surface area contributed by atoms with Gasteiger partial charge in [-0.15, -0.1) is 12.6 Å². The van der Waals surface area contributed by atoms with Crippen molar-refractivity contribution in [2.45, 2.75) is 228 Å². The van der Waals surface area contributed by atoms with Crippen LogP contribution in [-0.2, 0) is 22.0 Å². The lowest BCUT2D eigenvalue weighted by molar-refractivity contribution is 0.175. The van der Waals surface area contributed by atoms with Gasteiger partial charge in [-0.25, -0.2) is 57.7 Å². The second kappa shape index (κ2) is 42.8. The minimum absolute atomic E-state index is 0.156. The van der Waals surface area contributed by atoms with Crippen LogP contribution in [0.5, 0.6) is 0 Å². The van der Waals surface area contributed by atoms with Gasteiger partial charge in [0.15, 0.2) is 0 Å². The van der Waals surface area contributed by atoms with Crippen molar-refractivity contribution in [2.75, 3.05) is 49.1 Å². The monoisotopic (exact) mass is 1890 g/mol. The molecule has 8 aromatic rings. The largest absolute Gasteiger partial charge is 0.355 e. The number of thiol groups is 1. The second-order valence-corrected chi connectivity index (χ2v) is 42.9. The van der Waals surface area contributed by atoms with Crippen LogP contribution in [0.25, 0.3) is 0 Å². The standard InChI is InChI=1S/C24H32Cl2N4OS2.C20H24Cl2N4S.C13H26N2OS.C11H7Cl3N2S.C6H4Cl2S.C5H4BrClN2/c1-16-22(32-18-8-5-7-17(25)21(18)26)27-15-20(28-16)30-13-11-24(12-14-30)10-6-9-19(24)29-33(31)23(2,3)4;1-13-19(27-15-5-2-4-14(21)18(15)22)24-12-17(25-13)26-10-8-20(9-11-26)7-3-6-16(20)23;1-12(2,3)17(16)15-11-5-4-6-13(11)7-9-14-10-8-13;1-6-11(15-5-9(13)16-6)17-8-4-2-3-7(12)10(8)14;7-4-2-1-3-5(9)6(4)8;1-3-5(6)8-2-4(7)9-3/h5,7-8,15,19,29H,6,9-14H2,1-4H3;2,4-5,12,16H,3,6-11,23H2,1H3;11,14-15H,4-10H2,1-3H3;2-5H,1H3;1-3,9H;2H,1H3/t19-,33-;16-;11-,17-;;;/m111.../s1. The van der Waals surface area contributed by atoms with E-state index in [0.717, 1.165) is 140 Å². The van der Waals surface area contributed by atoms with E-state index in [1.165, 1.54) is 112 Å². The number of halogens is 11. The first-order valence-electron chi connectivity index (χ1n) is 37.1. The zero-order valence-corrected chi connectivity index (χ0v) is 78.5. The molecule has 0 amide bonds. The van der Waals surface area contributed by atoms with Crippen molar-refractivity contribution >= 4 is 213 Å². The first-order valence-corrected chi connectivity index (χ1v) is 46.9. The Morgan fingerprint density at radius 1 is 0.473 bits per heavy atom. The van der Waals surface area contributed by atoms with Gasteiger partial charge in [0.25, 0.3) is 0 Å². The molecule has 6 aliphatic rings. The van der Waals surface area contributed by atoms with Gasteiger partial charge in [0.05, 0.1) is 119 Å². The van der Waals surface area contributed by atoms with Gasteiger partial charge >= 0.3 is 0 Å². The summed E-state index contributed by atoms with van der Waals surface area (Å²) in [7, 11) is -1.96. The van der Waals surface area contributed by atoms with Crippen LogP contribution in [-0.4, -0.2) is 115 Å². The van der Waals surface area contributed by atoms with Crippen LogP contribution in [0.1, 0.15) is 161 Å². The molecule has 3 aliphatic heterocycles. The molecule has 608 valence electrons. The lowest BCUT2D eigenvalue weighted by atomic mass is 9.74. The normalized spacial score (nSPS) is 19.4. The van der Waals surface area contributed by atoms with Gasteiger partial charge < -0.3 is 20.9 Å². The minimum Gasteiger partial charge on any atom is -0.355 e. The van der Waals surface area contributed by atoms with Crippen molar-refractivity contribution in [3.8, 4) is 0 Å². The number of nitrogens with one attached hydrogen (secondary N) is 3. The number of aryl methyl sites for hydroxylation is 4. The molecule has 4 aromatic heterocycles. The average Bonchev–Trinajstić information content (AvgIpc) is 1.61. The van der Waals surface area contributed by atoms with E-state index in [2.05, 4.69) is 78.0 Å². The number of aromatic nitrogens is 8. The van der Waals surface area contributed by atoms with Crippen LogP contribution in [0.2, 0.25) is 50.5 Å². The van der Waals surface area contributed by atoms with Gasteiger partial charge in [-0.2, -0.15) is 0 Å². The maximum atomic E-state index is 12.7. The number of hydrogen-bond donors (Lipinski definition) is 5. The fraction of sp³-hybridized carbons (Fsp3) is 0.494. The van der Waals surface area contributed by atoms with Gasteiger partial charge in [-0.05, 0) is 240 Å². The molecule has 7 heterocycles. The lowest BCUT2D eigenvalue weighted by Crippen LogP contribution is -2.51. The first-order chi connectivity index (χ1) is 53.0. The number of anilines is 2. The fourth-order valence-electron chi connectivity index (χ4n) is 14.4. The van der Waals surface area contributed by atoms with Crippen LogP contribution in [0.3, 0.4) is 0 Å². The summed E-state index contributed by atoms with van der Waals surface area (Å²) in [4.78, 5) is 43.2. The Morgan fingerprint density at radius 3 is 1.18 bits per heavy atom. The summed E-state index contributed by atoms with van der Waals surface area (Å²) in [5, 5.41) is 11.0. The van der Waals surface area contributed by atoms with Crippen molar-refractivity contribution in [1.82, 2.24) is 54.6 Å². The van der Waals surface area contributed by atoms with Crippen LogP contribution in [0, 0.1) is 43.9 Å². The summed E-state index contributed by atoms with van der Waals surface area (Å²) in [6.07, 6.45) is 24.8. The molecule has 3 saturated carbocycles. The summed E-state index contributed by atoms with van der Waals surface area (Å²) in [5.74, 6) is 1.88. The molecule has 5 N–H and O–H groups in total. The van der Waals surface area contributed by atoms with Crippen molar-refractivity contribution < 1.29 is 8.42 Å². The van der Waals surface area contributed by atoms with Gasteiger partial charge in [0, 0.05) is 63.9 Å². The first kappa shape index (κ1) is 93.6. The average molecular weight is 1900 g/mol. The quantitative estimate of drug-likeness (QED) is 0.0721. The molecule has 0 bridgehead atoms. The number of hydrogen-bond acceptors (Lipinski definition) is 18. The van der Waals surface area contributed by atoms with Crippen LogP contribution >= 0.6 is 180 Å². The van der Waals surface area contributed by atoms with E-state index in [1.807, 2.05) is 118 Å². The summed E-state index contributed by atoms with van der Waals surface area (Å²) in [5.41, 5.74) is 10.8. The Morgan fingerprint density at radius 2 is 0.821 bits per heavy atom. The van der Waals surface area contributed by atoms with E-state index in [0.29, 0.717) is 84.3 Å². The van der Waals surface area contributed by atoms with E-state index in [9.17, 15) is 8.42 Å². The highest BCUT2D eigenvalue weighted by Crippen LogP contribution is 2.50. The van der Waals surface area contributed by atoms with Crippen molar-refractivity contribution in [2.24, 2.45) is 22.0 Å². The Kier molecular flexibility index (Phi) is 35.7. The molecule has 3 spiro atoms. The number of benzene rings is 4. The number of piperidine rings is 3. The SMILES string of the molecule is CC(C)(C)[S@@](=O)N[C@@H]1CCCC12CCNCC2.Cc1nc(Cl)cnc1Br.Cc1nc(Cl)cnc1Sc1cccc(Cl)c1Cl.Cc1nc(N2CCC3(CCC[C@H]3N)CC2)cnc1Sc1cccc(Cl)c1Cl.Cc1nc(N2CCC3(CCC[C@H]3N[S@](=O)C(C)(C)C)CC2)cnc1Sc1cccc(Cl)c1Cl.Sc1cccc(Cl)c1Cl. The highest BCUT2D eigenvalue weighted by atomic mass is 79.9. The predicted molar refractivity (Wildman–Crippen MR) is 482 cm³/mol. The Bertz CT molecular complexity index is 4530. The maximum Gasteiger partial charge on any atom is 0.147 e. The van der Waals surface area contributed by atoms with E-state index in [-0.39, 0.29) is 14.9 Å². The highest BCUT2D eigenvalue weighted by molar-refractivity contribution is 9.10. The molecular formula is C79H97BrCl10N14O2S6. The Hall–Kier alpha value is -2.28. The van der Waals surface area contributed by atoms with Crippen LogP contribution in [0.4, 0.5) is 11.6 Å². The van der Waals surface area contributed by atoms with E-state index < -0.39 is 22.0 Å². The molecule has 3 aliphatic carbocycles. The maximum absolute atomic E-state index is 12.7. The smallest absolute Gasteiger partial charge is 0.147 e. The molecule has 4 aromatic carbocycles. The third-order valence-corrected chi connectivity index (χ3v) is 32.9. The molecule has 6 fully saturated rings. The number of nitrogens with zero attached hydrogens (tertiary/aromatic N) is 10. The summed E-state index contributed by atoms with van der Waals surface area (Å²) < 4.78 is 32.2. The van der Waals surface area contributed by atoms with Gasteiger partial charge in [0.2, 0.25) is 0 Å². The van der Waals surface area contributed by atoms with Crippen molar-refractivity contribution in [1.29, 1.82) is 0 Å². The van der Waals surface area contributed by atoms with E-state index in [4.69, 9.17) is 137 Å². The van der Waals surface area contributed by atoms with Crippen molar-refractivity contribution in [3.05, 3.63) is 175 Å². The Balaban J connectivity index is 0.000000163. The van der Waals surface area contributed by atoms with Crippen LogP contribution < -0.4 is 30.3 Å². The van der Waals surface area contributed by atoms with E-state index >= 15 is 0 Å². The lowest BCUT2D eigenvalue weighted by Gasteiger charge is -2.44. The topological polar surface area (TPSA) is 206 Å². The number of rotatable bonds is 12. The summed E-state index contributed by atoms with van der Waals surface area (Å²) in [6, 6.07) is 23.2. The highest BCUT2D eigenvalue weighted by Gasteiger charge is 2.48. The third-order valence-electron chi connectivity index (χ3n) is 21.0. The molecule has 0 radical (unpaired) electrons. The minimum atomic E-state index is -1.03. The van der Waals surface area contributed by atoms with Gasteiger partial charge in [-0.1, -0.05) is 195 Å². The summed E-state index contributed by atoms with van der Waals surface area (Å²) in [6.45, 7) is 26.0.